The molecule has 0 N–H and O–H groups in total. The van der Waals surface area contributed by atoms with E-state index in [1.165, 1.54) is 21.2 Å². The second-order valence-corrected chi connectivity index (χ2v) is 9.13. The van der Waals surface area contributed by atoms with Crippen LogP contribution in [0.1, 0.15) is 5.56 Å². The molecule has 1 aromatic heterocycles. The molecule has 0 atom stereocenters. The molecule has 34 heavy (non-hydrogen) atoms. The average molecular weight is 454 g/mol. The van der Waals surface area contributed by atoms with Gasteiger partial charge in [-0.25, -0.2) is 0 Å². The molecule has 4 aromatic carbocycles. The van der Waals surface area contributed by atoms with E-state index >= 15 is 0 Å². The number of nitrogens with zero attached hydrogens (tertiary/aromatic N) is 3. The van der Waals surface area contributed by atoms with Crippen LogP contribution in [0.2, 0.25) is 0 Å². The molecule has 5 aromatic rings. The van der Waals surface area contributed by atoms with E-state index in [9.17, 15) is 5.26 Å². The summed E-state index contributed by atoms with van der Waals surface area (Å²) in [5, 5.41) is 9.20. The third-order valence-electron chi connectivity index (χ3n) is 5.97. The highest BCUT2D eigenvalue weighted by Crippen LogP contribution is 2.52. The highest BCUT2D eigenvalue weighted by Gasteiger charge is 2.25. The minimum absolute atomic E-state index is 0.562. The zero-order valence-electron chi connectivity index (χ0n) is 18.2. The monoisotopic (exact) mass is 453 g/mol. The van der Waals surface area contributed by atoms with E-state index in [0.717, 1.165) is 27.9 Å². The van der Waals surface area contributed by atoms with Gasteiger partial charge in [-0.1, -0.05) is 78.5 Å². The molecule has 0 spiro atoms. The molecule has 3 nitrogen and oxygen atoms in total. The van der Waals surface area contributed by atoms with Crippen molar-refractivity contribution in [1.82, 2.24) is 4.98 Å². The van der Waals surface area contributed by atoms with Gasteiger partial charge < -0.3 is 4.90 Å². The Bertz CT molecular complexity index is 1500. The van der Waals surface area contributed by atoms with Crippen LogP contribution in [-0.2, 0) is 0 Å². The second-order valence-electron chi connectivity index (χ2n) is 8.04. The first kappa shape index (κ1) is 20.3. The Balaban J connectivity index is 1.46. The quantitative estimate of drug-likeness (QED) is 0.271. The molecule has 0 radical (unpaired) electrons. The summed E-state index contributed by atoms with van der Waals surface area (Å²) < 4.78 is 0. The van der Waals surface area contributed by atoms with Crippen molar-refractivity contribution in [2.45, 2.75) is 9.79 Å². The molecule has 6 rings (SSSR count). The Morgan fingerprint density at radius 2 is 1.21 bits per heavy atom. The van der Waals surface area contributed by atoms with Crippen molar-refractivity contribution < 1.29 is 0 Å². The van der Waals surface area contributed by atoms with Crippen LogP contribution >= 0.6 is 11.8 Å². The predicted molar refractivity (Wildman–Crippen MR) is 139 cm³/mol. The Morgan fingerprint density at radius 3 is 1.88 bits per heavy atom. The molecule has 4 heteroatoms. The fourth-order valence-corrected chi connectivity index (χ4v) is 5.44. The number of benzene rings is 4. The predicted octanol–water partition coefficient (Wildman–Crippen LogP) is 8.22. The summed E-state index contributed by atoms with van der Waals surface area (Å²) in [6.07, 6.45) is 3.38. The fraction of sp³-hybridized carbons (Fsp3) is 0. The first-order chi connectivity index (χ1) is 16.8. The lowest BCUT2D eigenvalue weighted by molar-refractivity contribution is 1.17. The number of para-hydroxylation sites is 3. The summed E-state index contributed by atoms with van der Waals surface area (Å²) in [5.74, 6) is 0. The molecular weight excluding hydrogens is 434 g/mol. The standard InChI is InChI=1S/C30H19N3S/c31-18-21-17-24(20-32-19-21)22-13-15-23(16-14-22)25-7-1-2-8-26(25)33-27-9-3-5-11-29(27)34-30-12-6-4-10-28(30)33/h1-17,19-20H. The number of hydrogen-bond acceptors (Lipinski definition) is 4. The van der Waals surface area contributed by atoms with E-state index in [0.29, 0.717) is 5.56 Å². The van der Waals surface area contributed by atoms with Gasteiger partial charge in [-0.15, -0.1) is 0 Å². The van der Waals surface area contributed by atoms with E-state index in [4.69, 9.17) is 0 Å². The van der Waals surface area contributed by atoms with Gasteiger partial charge in [0.2, 0.25) is 0 Å². The highest BCUT2D eigenvalue weighted by atomic mass is 32.2. The fourth-order valence-electron chi connectivity index (χ4n) is 4.38. The number of rotatable bonds is 3. The van der Waals surface area contributed by atoms with Crippen LogP contribution in [-0.4, -0.2) is 4.98 Å². The maximum absolute atomic E-state index is 9.20. The highest BCUT2D eigenvalue weighted by molar-refractivity contribution is 7.99. The molecule has 0 unspecified atom stereocenters. The third-order valence-corrected chi connectivity index (χ3v) is 7.10. The summed E-state index contributed by atoms with van der Waals surface area (Å²) in [4.78, 5) is 9.06. The van der Waals surface area contributed by atoms with Crippen LogP contribution in [0, 0.1) is 11.3 Å². The van der Waals surface area contributed by atoms with Gasteiger partial charge in [0.15, 0.2) is 0 Å². The Labute approximate surface area is 203 Å². The summed E-state index contributed by atoms with van der Waals surface area (Å²) in [5.41, 5.74) is 8.36. The van der Waals surface area contributed by atoms with E-state index in [1.807, 2.05) is 17.8 Å². The Morgan fingerprint density at radius 1 is 0.618 bits per heavy atom. The molecule has 0 aliphatic carbocycles. The summed E-state index contributed by atoms with van der Waals surface area (Å²) in [7, 11) is 0. The molecule has 0 amide bonds. The van der Waals surface area contributed by atoms with Crippen molar-refractivity contribution in [3.8, 4) is 28.3 Å². The maximum atomic E-state index is 9.20. The summed E-state index contributed by atoms with van der Waals surface area (Å²) >= 11 is 1.81. The van der Waals surface area contributed by atoms with Gasteiger partial charge >= 0.3 is 0 Å². The van der Waals surface area contributed by atoms with Crippen molar-refractivity contribution in [1.29, 1.82) is 5.26 Å². The minimum atomic E-state index is 0.562. The normalized spacial score (nSPS) is 11.9. The summed E-state index contributed by atoms with van der Waals surface area (Å²) in [6.45, 7) is 0. The van der Waals surface area contributed by atoms with Crippen LogP contribution in [0.15, 0.2) is 125 Å². The van der Waals surface area contributed by atoms with Gasteiger partial charge in [0.25, 0.3) is 0 Å². The lowest BCUT2D eigenvalue weighted by Crippen LogP contribution is -2.15. The molecule has 0 saturated carbocycles. The zero-order valence-corrected chi connectivity index (χ0v) is 19.0. The lowest BCUT2D eigenvalue weighted by atomic mass is 9.98. The number of hydrogen-bond donors (Lipinski definition) is 0. The van der Waals surface area contributed by atoms with Crippen molar-refractivity contribution in [2.75, 3.05) is 4.90 Å². The second kappa shape index (κ2) is 8.55. The Kier molecular flexibility index (Phi) is 5.10. The largest absolute Gasteiger partial charge is 0.308 e. The molecule has 0 saturated heterocycles. The molecule has 1 aliphatic heterocycles. The first-order valence-electron chi connectivity index (χ1n) is 11.0. The zero-order chi connectivity index (χ0) is 22.9. The van der Waals surface area contributed by atoms with Crippen molar-refractivity contribution in [3.05, 3.63) is 121 Å². The molecular formula is C30H19N3S. The van der Waals surface area contributed by atoms with Crippen LogP contribution in [0.5, 0.6) is 0 Å². The molecule has 160 valence electrons. The summed E-state index contributed by atoms with van der Waals surface area (Å²) in [6, 6.07) is 38.2. The number of anilines is 3. The van der Waals surface area contributed by atoms with Gasteiger partial charge in [0, 0.05) is 33.3 Å². The van der Waals surface area contributed by atoms with Crippen LogP contribution < -0.4 is 4.90 Å². The number of pyridine rings is 1. The van der Waals surface area contributed by atoms with Crippen LogP contribution in [0.4, 0.5) is 17.1 Å². The minimum Gasteiger partial charge on any atom is -0.308 e. The molecule has 2 heterocycles. The third kappa shape index (κ3) is 3.53. The molecule has 1 aliphatic rings. The van der Waals surface area contributed by atoms with E-state index < -0.39 is 0 Å². The number of nitriles is 1. The SMILES string of the molecule is N#Cc1cncc(-c2ccc(-c3ccccc3N3c4ccccc4Sc4ccccc43)cc2)c1. The molecule has 0 fully saturated rings. The van der Waals surface area contributed by atoms with E-state index in [-0.39, 0.29) is 0 Å². The van der Waals surface area contributed by atoms with Crippen molar-refractivity contribution in [2.24, 2.45) is 0 Å². The first-order valence-corrected chi connectivity index (χ1v) is 11.8. The van der Waals surface area contributed by atoms with Gasteiger partial charge in [0.1, 0.15) is 6.07 Å². The van der Waals surface area contributed by atoms with Crippen molar-refractivity contribution in [3.63, 3.8) is 0 Å². The van der Waals surface area contributed by atoms with Crippen molar-refractivity contribution >= 4 is 28.8 Å². The Hall–Kier alpha value is -4.33. The van der Waals surface area contributed by atoms with Crippen LogP contribution in [0.3, 0.4) is 0 Å². The number of fused-ring (bicyclic) bond motifs is 2. The van der Waals surface area contributed by atoms with Gasteiger partial charge in [-0.3, -0.25) is 4.98 Å². The number of aromatic nitrogens is 1. The molecule has 0 bridgehead atoms. The average Bonchev–Trinajstić information content (AvgIpc) is 2.92. The lowest BCUT2D eigenvalue weighted by Gasteiger charge is -2.34. The van der Waals surface area contributed by atoms with Gasteiger partial charge in [-0.05, 0) is 47.5 Å². The van der Waals surface area contributed by atoms with Gasteiger partial charge in [-0.2, -0.15) is 5.26 Å². The van der Waals surface area contributed by atoms with Crippen LogP contribution in [0.25, 0.3) is 22.3 Å². The smallest absolute Gasteiger partial charge is 0.101 e. The topological polar surface area (TPSA) is 39.9 Å². The van der Waals surface area contributed by atoms with E-state index in [2.05, 4.69) is 113 Å². The maximum Gasteiger partial charge on any atom is 0.101 e. The van der Waals surface area contributed by atoms with E-state index in [1.54, 1.807) is 12.4 Å². The van der Waals surface area contributed by atoms with Gasteiger partial charge in [0.05, 0.1) is 22.6 Å².